The number of carboxylic acids is 1. The number of hydrogen-bond donors (Lipinski definition) is 2. The molecule has 0 bridgehead atoms. The van der Waals surface area contributed by atoms with E-state index in [1.54, 1.807) is 12.1 Å². The van der Waals surface area contributed by atoms with Crippen molar-refractivity contribution in [2.24, 2.45) is 5.73 Å². The van der Waals surface area contributed by atoms with Gasteiger partial charge in [-0.3, -0.25) is 9.69 Å². The molecule has 4 rings (SSSR count). The van der Waals surface area contributed by atoms with Gasteiger partial charge in [0, 0.05) is 41.9 Å². The number of halogens is 2. The van der Waals surface area contributed by atoms with Crippen LogP contribution < -0.4 is 15.2 Å². The second-order valence-electron chi connectivity index (χ2n) is 9.13. The lowest BCUT2D eigenvalue weighted by Gasteiger charge is -2.25. The molecule has 0 heterocycles. The van der Waals surface area contributed by atoms with E-state index in [-0.39, 0.29) is 12.2 Å². The van der Waals surface area contributed by atoms with E-state index in [0.717, 1.165) is 22.4 Å². The molecule has 0 aromatic heterocycles. The Bertz CT molecular complexity index is 1380. The van der Waals surface area contributed by atoms with Crippen molar-refractivity contribution in [1.82, 2.24) is 4.90 Å². The highest BCUT2D eigenvalue weighted by Crippen LogP contribution is 2.28. The molecule has 3 N–H and O–H groups in total. The van der Waals surface area contributed by atoms with Crippen LogP contribution in [0.25, 0.3) is 0 Å². The molecule has 0 radical (unpaired) electrons. The fourth-order valence-electron chi connectivity index (χ4n) is 4.05. The Hall–Kier alpha value is -3.91. The molecule has 0 aliphatic heterocycles. The normalized spacial score (nSPS) is 11.8. The van der Waals surface area contributed by atoms with Crippen LogP contribution in [0.4, 0.5) is 4.39 Å². The molecule has 1 atom stereocenters. The van der Waals surface area contributed by atoms with Gasteiger partial charge in [-0.25, -0.2) is 4.39 Å². The van der Waals surface area contributed by atoms with Crippen LogP contribution in [0.2, 0.25) is 5.02 Å². The third-order valence-corrected chi connectivity index (χ3v) is 6.39. The summed E-state index contributed by atoms with van der Waals surface area (Å²) in [4.78, 5) is 13.5. The van der Waals surface area contributed by atoms with Crippen molar-refractivity contribution in [3.63, 3.8) is 0 Å². The second-order valence-corrected chi connectivity index (χ2v) is 9.57. The molecule has 39 heavy (non-hydrogen) atoms. The van der Waals surface area contributed by atoms with Crippen molar-refractivity contribution in [1.29, 1.82) is 0 Å². The summed E-state index contributed by atoms with van der Waals surface area (Å²) < 4.78 is 25.9. The quantitative estimate of drug-likeness (QED) is 0.194. The van der Waals surface area contributed by atoms with Crippen LogP contribution in [0.1, 0.15) is 23.1 Å². The maximum Gasteiger partial charge on any atom is 0.320 e. The Morgan fingerprint density at radius 3 is 2.21 bits per heavy atom. The van der Waals surface area contributed by atoms with E-state index in [1.807, 2.05) is 72.8 Å². The summed E-state index contributed by atoms with van der Waals surface area (Å²) in [5.41, 5.74) is 8.63. The van der Waals surface area contributed by atoms with Gasteiger partial charge in [0.25, 0.3) is 0 Å². The first kappa shape index (κ1) is 28.1. The van der Waals surface area contributed by atoms with Crippen molar-refractivity contribution < 1.29 is 23.8 Å². The minimum Gasteiger partial charge on any atom is -0.489 e. The first-order valence-electron chi connectivity index (χ1n) is 12.5. The molecule has 4 aromatic rings. The second kappa shape index (κ2) is 13.8. The van der Waals surface area contributed by atoms with Gasteiger partial charge in [0.05, 0.1) is 0 Å². The van der Waals surface area contributed by atoms with Crippen LogP contribution in [0.15, 0.2) is 97.1 Å². The zero-order valence-electron chi connectivity index (χ0n) is 21.3. The highest BCUT2D eigenvalue weighted by atomic mass is 35.5. The number of nitrogens with two attached hydrogens (primary N) is 1. The van der Waals surface area contributed by atoms with Gasteiger partial charge in [-0.15, -0.1) is 0 Å². The van der Waals surface area contributed by atoms with Gasteiger partial charge in [0.2, 0.25) is 0 Å². The number of rotatable bonds is 13. The van der Waals surface area contributed by atoms with Gasteiger partial charge in [0.1, 0.15) is 35.7 Å². The number of benzene rings is 4. The summed E-state index contributed by atoms with van der Waals surface area (Å²) in [6.45, 7) is 1.73. The summed E-state index contributed by atoms with van der Waals surface area (Å²) >= 11 is 6.00. The van der Waals surface area contributed by atoms with Crippen LogP contribution in [0.5, 0.6) is 17.2 Å². The summed E-state index contributed by atoms with van der Waals surface area (Å²) in [5, 5.41) is 9.99. The third kappa shape index (κ3) is 8.55. The first-order valence-corrected chi connectivity index (χ1v) is 12.9. The molecular weight excluding hydrogens is 519 g/mol. The smallest absolute Gasteiger partial charge is 0.320 e. The third-order valence-electron chi connectivity index (χ3n) is 6.14. The molecule has 1 unspecified atom stereocenters. The van der Waals surface area contributed by atoms with E-state index in [0.29, 0.717) is 42.8 Å². The molecule has 0 saturated heterocycles. The maximum absolute atomic E-state index is 13.7. The van der Waals surface area contributed by atoms with Crippen molar-refractivity contribution in [2.45, 2.75) is 32.2 Å². The molecule has 0 spiro atoms. The van der Waals surface area contributed by atoms with Crippen LogP contribution in [0.3, 0.4) is 0 Å². The van der Waals surface area contributed by atoms with Crippen LogP contribution in [0, 0.1) is 5.82 Å². The Balaban J connectivity index is 1.54. The van der Waals surface area contributed by atoms with E-state index in [9.17, 15) is 14.3 Å². The molecule has 4 aromatic carbocycles. The largest absolute Gasteiger partial charge is 0.489 e. The standard InChI is InChI=1S/C31H30ClFN2O4/c32-25-14-12-22(13-15-25)21-38-29-10-3-1-6-23(29)19-35(17-16-28(34)31(36)37)20-24-7-2-4-11-30(24)39-27-9-5-8-26(33)18-27/h1-15,18,28H,16-17,19-21,34H2,(H,36,37). The molecule has 0 amide bonds. The molecule has 0 saturated carbocycles. The van der Waals surface area contributed by atoms with Crippen molar-refractivity contribution in [3.05, 3.63) is 125 Å². The van der Waals surface area contributed by atoms with Gasteiger partial charge in [-0.1, -0.05) is 66.2 Å². The highest BCUT2D eigenvalue weighted by Gasteiger charge is 2.18. The Labute approximate surface area is 232 Å². The van der Waals surface area contributed by atoms with Crippen LogP contribution in [-0.4, -0.2) is 28.6 Å². The van der Waals surface area contributed by atoms with E-state index in [4.69, 9.17) is 26.8 Å². The molecule has 0 fully saturated rings. The number of hydrogen-bond acceptors (Lipinski definition) is 5. The monoisotopic (exact) mass is 548 g/mol. The molecule has 8 heteroatoms. The van der Waals surface area contributed by atoms with Crippen molar-refractivity contribution in [3.8, 4) is 17.2 Å². The van der Waals surface area contributed by atoms with Gasteiger partial charge in [-0.05, 0) is 48.4 Å². The predicted octanol–water partition coefficient (Wildman–Crippen LogP) is 6.65. The predicted molar refractivity (Wildman–Crippen MR) is 149 cm³/mol. The summed E-state index contributed by atoms with van der Waals surface area (Å²) in [6, 6.07) is 27.7. The van der Waals surface area contributed by atoms with Gasteiger partial charge >= 0.3 is 5.97 Å². The van der Waals surface area contributed by atoms with E-state index < -0.39 is 12.0 Å². The number of para-hydroxylation sites is 2. The van der Waals surface area contributed by atoms with Crippen LogP contribution in [-0.2, 0) is 24.5 Å². The first-order chi connectivity index (χ1) is 18.9. The fraction of sp³-hybridized carbons (Fsp3) is 0.194. The zero-order valence-corrected chi connectivity index (χ0v) is 22.1. The number of nitrogens with zero attached hydrogens (tertiary/aromatic N) is 1. The number of ether oxygens (including phenoxy) is 2. The topological polar surface area (TPSA) is 85.0 Å². The zero-order chi connectivity index (χ0) is 27.6. The molecular formula is C31H30ClFN2O4. The highest BCUT2D eigenvalue weighted by molar-refractivity contribution is 6.30. The number of carbonyl (C=O) groups is 1. The van der Waals surface area contributed by atoms with Gasteiger partial charge in [-0.2, -0.15) is 0 Å². The summed E-state index contributed by atoms with van der Waals surface area (Å²) in [5.74, 6) is 0.274. The van der Waals surface area contributed by atoms with Gasteiger partial charge in [0.15, 0.2) is 0 Å². The Kier molecular flexibility index (Phi) is 9.91. The average molecular weight is 549 g/mol. The minimum atomic E-state index is -1.04. The van der Waals surface area contributed by atoms with E-state index >= 15 is 0 Å². The molecule has 202 valence electrons. The lowest BCUT2D eigenvalue weighted by atomic mass is 10.1. The lowest BCUT2D eigenvalue weighted by Crippen LogP contribution is -2.35. The van der Waals surface area contributed by atoms with Crippen molar-refractivity contribution >= 4 is 17.6 Å². The average Bonchev–Trinajstić information content (AvgIpc) is 2.93. The Morgan fingerprint density at radius 2 is 1.54 bits per heavy atom. The molecule has 6 nitrogen and oxygen atoms in total. The molecule has 0 aliphatic rings. The fourth-order valence-corrected chi connectivity index (χ4v) is 4.18. The van der Waals surface area contributed by atoms with Crippen molar-refractivity contribution in [2.75, 3.05) is 6.54 Å². The summed E-state index contributed by atoms with van der Waals surface area (Å²) in [7, 11) is 0. The number of aliphatic carboxylic acids is 1. The van der Waals surface area contributed by atoms with E-state index in [2.05, 4.69) is 4.90 Å². The SMILES string of the molecule is NC(CCN(Cc1ccccc1OCc1ccc(Cl)cc1)Cc1ccccc1Oc1cccc(F)c1)C(=O)O. The minimum absolute atomic E-state index is 0.260. The van der Waals surface area contributed by atoms with Gasteiger partial charge < -0.3 is 20.3 Å². The summed E-state index contributed by atoms with van der Waals surface area (Å²) in [6.07, 6.45) is 0.260. The Morgan fingerprint density at radius 1 is 0.897 bits per heavy atom. The molecule has 0 aliphatic carbocycles. The van der Waals surface area contributed by atoms with E-state index in [1.165, 1.54) is 12.1 Å². The lowest BCUT2D eigenvalue weighted by molar-refractivity contribution is -0.138. The van der Waals surface area contributed by atoms with Crippen LogP contribution >= 0.6 is 11.6 Å². The number of carboxylic acid groups (broad SMARTS) is 1. The maximum atomic E-state index is 13.7.